The molecule has 2 N–H and O–H groups in total. The van der Waals surface area contributed by atoms with Gasteiger partial charge in [-0.2, -0.15) is 11.8 Å². The maximum atomic E-state index is 4.11. The van der Waals surface area contributed by atoms with Crippen LogP contribution in [-0.2, 0) is 6.54 Å². The smallest absolute Gasteiger partial charge is 0.120 e. The van der Waals surface area contributed by atoms with E-state index in [-0.39, 0.29) is 0 Å². The van der Waals surface area contributed by atoms with Gasteiger partial charge >= 0.3 is 0 Å². The lowest BCUT2D eigenvalue weighted by atomic mass is 10.6. The molecule has 0 radical (unpaired) electrons. The Labute approximate surface area is 83.0 Å². The highest BCUT2D eigenvalue weighted by molar-refractivity contribution is 7.99. The molecule has 0 aromatic carbocycles. The van der Waals surface area contributed by atoms with Gasteiger partial charge in [0.15, 0.2) is 0 Å². The van der Waals surface area contributed by atoms with Gasteiger partial charge in [0.25, 0.3) is 0 Å². The molecule has 0 bridgehead atoms. The fraction of sp³-hybridized carbons (Fsp3) is 0.444. The first-order valence-electron chi connectivity index (χ1n) is 4.31. The summed E-state index contributed by atoms with van der Waals surface area (Å²) in [5.41, 5.74) is 0. The van der Waals surface area contributed by atoms with E-state index in [1.807, 2.05) is 24.0 Å². The predicted octanol–water partition coefficient (Wildman–Crippen LogP) is 1.42. The monoisotopic (exact) mass is 197 g/mol. The average molecular weight is 197 g/mol. The lowest BCUT2D eigenvalue weighted by Gasteiger charge is -2.00. The Hall–Kier alpha value is -0.740. The molecule has 0 atom stereocenters. The summed E-state index contributed by atoms with van der Waals surface area (Å²) in [5, 5.41) is 3.30. The van der Waals surface area contributed by atoms with Crippen molar-refractivity contribution in [1.82, 2.24) is 15.3 Å². The second-order valence-electron chi connectivity index (χ2n) is 2.58. The Balaban J connectivity index is 1.93. The summed E-state index contributed by atoms with van der Waals surface area (Å²) in [6.07, 6.45) is 5.53. The first kappa shape index (κ1) is 10.3. The maximum absolute atomic E-state index is 4.11. The Morgan fingerprint density at radius 1 is 1.69 bits per heavy atom. The molecule has 0 spiro atoms. The standard InChI is InChI=1S/C9H15N3S/c1-2-6-13-7-5-10-8-9-11-3-4-12-9/h2-4,10H,1,5-8H2,(H,11,12). The summed E-state index contributed by atoms with van der Waals surface area (Å²) in [6.45, 7) is 5.50. The van der Waals surface area contributed by atoms with Gasteiger partial charge in [0.1, 0.15) is 5.82 Å². The minimum absolute atomic E-state index is 0.821. The highest BCUT2D eigenvalue weighted by atomic mass is 32.2. The second-order valence-corrected chi connectivity index (χ2v) is 3.73. The summed E-state index contributed by atoms with van der Waals surface area (Å²) in [6, 6.07) is 0. The molecule has 1 rings (SSSR count). The van der Waals surface area contributed by atoms with E-state index >= 15 is 0 Å². The molecule has 3 nitrogen and oxygen atoms in total. The summed E-state index contributed by atoms with van der Waals surface area (Å²) < 4.78 is 0. The largest absolute Gasteiger partial charge is 0.348 e. The number of nitrogens with zero attached hydrogens (tertiary/aromatic N) is 1. The van der Waals surface area contributed by atoms with Crippen LogP contribution in [0.25, 0.3) is 0 Å². The lowest BCUT2D eigenvalue weighted by molar-refractivity contribution is 0.702. The molecule has 13 heavy (non-hydrogen) atoms. The van der Waals surface area contributed by atoms with Crippen LogP contribution in [0.5, 0.6) is 0 Å². The molecular weight excluding hydrogens is 182 g/mol. The zero-order valence-corrected chi connectivity index (χ0v) is 8.44. The molecule has 0 saturated carbocycles. The Morgan fingerprint density at radius 3 is 3.31 bits per heavy atom. The number of H-pyrrole nitrogens is 1. The molecule has 1 aromatic rings. The van der Waals surface area contributed by atoms with E-state index in [1.54, 1.807) is 6.20 Å². The van der Waals surface area contributed by atoms with E-state index in [4.69, 9.17) is 0 Å². The van der Waals surface area contributed by atoms with Gasteiger partial charge in [0, 0.05) is 30.4 Å². The highest BCUT2D eigenvalue weighted by Gasteiger charge is 1.92. The number of hydrogen-bond donors (Lipinski definition) is 2. The number of nitrogens with one attached hydrogen (secondary N) is 2. The fourth-order valence-corrected chi connectivity index (χ4v) is 1.53. The summed E-state index contributed by atoms with van der Waals surface area (Å²) >= 11 is 1.88. The first-order valence-corrected chi connectivity index (χ1v) is 5.46. The number of thioether (sulfide) groups is 1. The Kier molecular flexibility index (Phi) is 5.36. The number of imidazole rings is 1. The van der Waals surface area contributed by atoms with Crippen molar-refractivity contribution in [3.05, 3.63) is 30.9 Å². The zero-order chi connectivity index (χ0) is 9.36. The molecule has 0 amide bonds. The SMILES string of the molecule is C=CCSCCNCc1ncc[nH]1. The molecule has 0 aliphatic carbocycles. The van der Waals surface area contributed by atoms with Gasteiger partial charge in [-0.3, -0.25) is 0 Å². The van der Waals surface area contributed by atoms with Gasteiger partial charge in [0.2, 0.25) is 0 Å². The van der Waals surface area contributed by atoms with Crippen LogP contribution >= 0.6 is 11.8 Å². The van der Waals surface area contributed by atoms with Gasteiger partial charge < -0.3 is 10.3 Å². The summed E-state index contributed by atoms with van der Waals surface area (Å²) in [4.78, 5) is 7.15. The highest BCUT2D eigenvalue weighted by Crippen LogP contribution is 1.97. The minimum atomic E-state index is 0.821. The van der Waals surface area contributed by atoms with E-state index in [0.29, 0.717) is 0 Å². The number of hydrogen-bond acceptors (Lipinski definition) is 3. The zero-order valence-electron chi connectivity index (χ0n) is 7.62. The Morgan fingerprint density at radius 2 is 2.62 bits per heavy atom. The van der Waals surface area contributed by atoms with Crippen LogP contribution in [0.2, 0.25) is 0 Å². The van der Waals surface area contributed by atoms with Crippen molar-refractivity contribution in [2.75, 3.05) is 18.1 Å². The quantitative estimate of drug-likeness (QED) is 0.513. The summed E-state index contributed by atoms with van der Waals surface area (Å²) in [5.74, 6) is 3.14. The number of aromatic nitrogens is 2. The topological polar surface area (TPSA) is 40.7 Å². The van der Waals surface area contributed by atoms with Gasteiger partial charge in [-0.05, 0) is 0 Å². The van der Waals surface area contributed by atoms with Crippen LogP contribution in [0.1, 0.15) is 5.82 Å². The van der Waals surface area contributed by atoms with Crippen molar-refractivity contribution in [3.63, 3.8) is 0 Å². The van der Waals surface area contributed by atoms with Gasteiger partial charge in [-0.25, -0.2) is 4.98 Å². The second kappa shape index (κ2) is 6.74. The van der Waals surface area contributed by atoms with Crippen molar-refractivity contribution in [3.8, 4) is 0 Å². The molecule has 72 valence electrons. The predicted molar refractivity (Wildman–Crippen MR) is 57.8 cm³/mol. The van der Waals surface area contributed by atoms with Crippen LogP contribution in [-0.4, -0.2) is 28.0 Å². The molecule has 0 fully saturated rings. The van der Waals surface area contributed by atoms with Gasteiger partial charge in [-0.15, -0.1) is 6.58 Å². The first-order chi connectivity index (χ1) is 6.43. The molecule has 0 aliphatic rings. The van der Waals surface area contributed by atoms with E-state index in [2.05, 4.69) is 21.9 Å². The maximum Gasteiger partial charge on any atom is 0.120 e. The molecule has 0 saturated heterocycles. The molecule has 0 unspecified atom stereocenters. The van der Waals surface area contributed by atoms with Crippen LogP contribution in [0.4, 0.5) is 0 Å². The van der Waals surface area contributed by atoms with Crippen molar-refractivity contribution in [2.45, 2.75) is 6.54 Å². The molecule has 4 heteroatoms. The van der Waals surface area contributed by atoms with Gasteiger partial charge in [-0.1, -0.05) is 6.08 Å². The number of aromatic amines is 1. The molecular formula is C9H15N3S. The summed E-state index contributed by atoms with van der Waals surface area (Å²) in [7, 11) is 0. The van der Waals surface area contributed by atoms with E-state index in [9.17, 15) is 0 Å². The van der Waals surface area contributed by atoms with Crippen molar-refractivity contribution >= 4 is 11.8 Å². The third kappa shape index (κ3) is 4.75. The number of rotatable bonds is 7. The third-order valence-corrected chi connectivity index (χ3v) is 2.47. The van der Waals surface area contributed by atoms with E-state index in [0.717, 1.165) is 30.4 Å². The van der Waals surface area contributed by atoms with Crippen molar-refractivity contribution in [2.24, 2.45) is 0 Å². The molecule has 1 aromatic heterocycles. The lowest BCUT2D eigenvalue weighted by Crippen LogP contribution is -2.17. The van der Waals surface area contributed by atoms with Gasteiger partial charge in [0.05, 0.1) is 6.54 Å². The van der Waals surface area contributed by atoms with Crippen molar-refractivity contribution in [1.29, 1.82) is 0 Å². The normalized spacial score (nSPS) is 10.2. The Bertz CT molecular complexity index is 221. The van der Waals surface area contributed by atoms with Crippen molar-refractivity contribution < 1.29 is 0 Å². The van der Waals surface area contributed by atoms with E-state index < -0.39 is 0 Å². The van der Waals surface area contributed by atoms with Crippen LogP contribution in [0.3, 0.4) is 0 Å². The van der Waals surface area contributed by atoms with Crippen LogP contribution in [0, 0.1) is 0 Å². The van der Waals surface area contributed by atoms with Crippen LogP contribution < -0.4 is 5.32 Å². The van der Waals surface area contributed by atoms with Crippen LogP contribution in [0.15, 0.2) is 25.0 Å². The van der Waals surface area contributed by atoms with E-state index in [1.165, 1.54) is 0 Å². The molecule has 0 aliphatic heterocycles. The fourth-order valence-electron chi connectivity index (χ4n) is 0.912. The third-order valence-electron chi connectivity index (χ3n) is 1.51. The minimum Gasteiger partial charge on any atom is -0.348 e. The molecule has 1 heterocycles. The average Bonchev–Trinajstić information content (AvgIpc) is 2.63.